The first-order chi connectivity index (χ1) is 9.75. The predicted octanol–water partition coefficient (Wildman–Crippen LogP) is 4.22. The van der Waals surface area contributed by atoms with Gasteiger partial charge in [0.15, 0.2) is 6.20 Å². The second-order valence-electron chi connectivity index (χ2n) is 5.09. The van der Waals surface area contributed by atoms with Crippen LogP contribution in [0, 0.1) is 0 Å². The highest BCUT2D eigenvalue weighted by atomic mass is 14.9. The Labute approximate surface area is 119 Å². The highest BCUT2D eigenvalue weighted by Gasteiger charge is 2.09. The molecule has 1 heterocycles. The van der Waals surface area contributed by atoms with E-state index < -0.39 is 0 Å². The van der Waals surface area contributed by atoms with E-state index in [2.05, 4.69) is 91.5 Å². The summed E-state index contributed by atoms with van der Waals surface area (Å²) in [5.41, 5.74) is 3.78. The van der Waals surface area contributed by atoms with Gasteiger partial charge < -0.3 is 0 Å². The van der Waals surface area contributed by atoms with Crippen molar-refractivity contribution in [3.05, 3.63) is 78.1 Å². The largest absolute Gasteiger partial charge is 0.213 e. The Bertz CT molecular complexity index is 770. The molecular weight excluding hydrogens is 242 g/mol. The fraction of sp³-hybridized carbons (Fsp3) is 0.105. The fourth-order valence-corrected chi connectivity index (χ4v) is 2.51. The van der Waals surface area contributed by atoms with E-state index in [9.17, 15) is 0 Å². The summed E-state index contributed by atoms with van der Waals surface area (Å²) < 4.78 is 2.18. The first kappa shape index (κ1) is 12.6. The number of aryl methyl sites for hydroxylation is 1. The number of nitrogens with zero attached hydrogens (tertiary/aromatic N) is 1. The van der Waals surface area contributed by atoms with Crippen LogP contribution in [0.2, 0.25) is 0 Å². The van der Waals surface area contributed by atoms with Gasteiger partial charge in [-0.2, -0.15) is 0 Å². The molecule has 0 spiro atoms. The lowest BCUT2D eigenvalue weighted by molar-refractivity contribution is -0.671. The fourth-order valence-electron chi connectivity index (χ4n) is 2.51. The zero-order chi connectivity index (χ0) is 13.9. The number of allylic oxidation sites excluding steroid dienone is 1. The van der Waals surface area contributed by atoms with Crippen molar-refractivity contribution in [1.82, 2.24) is 0 Å². The Balaban J connectivity index is 2.17. The molecule has 1 heteroatoms. The molecule has 3 aromatic rings. The van der Waals surface area contributed by atoms with E-state index in [0.717, 1.165) is 0 Å². The predicted molar refractivity (Wildman–Crippen MR) is 85.1 cm³/mol. The van der Waals surface area contributed by atoms with Gasteiger partial charge in [0.25, 0.3) is 0 Å². The molecule has 0 aliphatic heterocycles. The average Bonchev–Trinajstić information content (AvgIpc) is 2.51. The minimum Gasteiger partial charge on any atom is -0.201 e. The van der Waals surface area contributed by atoms with Crippen LogP contribution in [0.3, 0.4) is 0 Å². The van der Waals surface area contributed by atoms with Gasteiger partial charge in [-0.25, -0.2) is 4.57 Å². The van der Waals surface area contributed by atoms with Gasteiger partial charge in [-0.15, -0.1) is 0 Å². The van der Waals surface area contributed by atoms with Crippen molar-refractivity contribution in [2.24, 2.45) is 7.05 Å². The number of hydrogen-bond donors (Lipinski definition) is 0. The summed E-state index contributed by atoms with van der Waals surface area (Å²) in [7, 11) is 2.09. The van der Waals surface area contributed by atoms with Crippen molar-refractivity contribution in [1.29, 1.82) is 0 Å². The van der Waals surface area contributed by atoms with E-state index in [4.69, 9.17) is 0 Å². The minimum atomic E-state index is 1.24. The van der Waals surface area contributed by atoms with Gasteiger partial charge in [-0.3, -0.25) is 0 Å². The van der Waals surface area contributed by atoms with Crippen molar-refractivity contribution in [3.8, 4) is 0 Å². The third-order valence-corrected chi connectivity index (χ3v) is 3.68. The SMILES string of the molecule is CC(=Cc1c2ccccc2cc[n+]1C)c1ccccc1. The number of benzene rings is 2. The molecule has 2 aromatic carbocycles. The maximum atomic E-state index is 2.26. The van der Waals surface area contributed by atoms with Crippen LogP contribution in [0.1, 0.15) is 18.2 Å². The summed E-state index contributed by atoms with van der Waals surface area (Å²) >= 11 is 0. The lowest BCUT2D eigenvalue weighted by Gasteiger charge is -2.04. The van der Waals surface area contributed by atoms with Gasteiger partial charge in [0.05, 0.1) is 5.39 Å². The molecule has 0 amide bonds. The van der Waals surface area contributed by atoms with Crippen LogP contribution >= 0.6 is 0 Å². The van der Waals surface area contributed by atoms with Crippen LogP contribution in [0.25, 0.3) is 22.4 Å². The second kappa shape index (κ2) is 5.30. The molecule has 0 bridgehead atoms. The van der Waals surface area contributed by atoms with Crippen molar-refractivity contribution in [3.63, 3.8) is 0 Å². The highest BCUT2D eigenvalue weighted by Crippen LogP contribution is 2.21. The van der Waals surface area contributed by atoms with E-state index in [1.807, 2.05) is 0 Å². The number of fused-ring (bicyclic) bond motifs is 1. The summed E-state index contributed by atoms with van der Waals surface area (Å²) in [5.74, 6) is 0. The Hall–Kier alpha value is -2.41. The standard InChI is InChI=1S/C19H18N/c1-15(16-8-4-3-5-9-16)14-19-18-11-7-6-10-17(18)12-13-20(19)2/h3-14H,1-2H3/q+1. The molecule has 0 N–H and O–H groups in total. The molecular formula is C19H18N+. The summed E-state index contributed by atoms with van der Waals surface area (Å²) in [6.45, 7) is 2.16. The molecule has 0 unspecified atom stereocenters. The van der Waals surface area contributed by atoms with Gasteiger partial charge in [-0.1, -0.05) is 48.5 Å². The maximum Gasteiger partial charge on any atom is 0.213 e. The molecule has 20 heavy (non-hydrogen) atoms. The van der Waals surface area contributed by atoms with Crippen LogP contribution in [-0.4, -0.2) is 0 Å². The molecule has 1 aromatic heterocycles. The third kappa shape index (κ3) is 2.35. The lowest BCUT2D eigenvalue weighted by Crippen LogP contribution is -2.31. The maximum absolute atomic E-state index is 2.26. The number of hydrogen-bond acceptors (Lipinski definition) is 0. The van der Waals surface area contributed by atoms with Crippen LogP contribution in [0.5, 0.6) is 0 Å². The molecule has 0 saturated carbocycles. The van der Waals surface area contributed by atoms with E-state index in [-0.39, 0.29) is 0 Å². The molecule has 0 aliphatic carbocycles. The van der Waals surface area contributed by atoms with Crippen molar-refractivity contribution in [2.75, 3.05) is 0 Å². The first-order valence-electron chi connectivity index (χ1n) is 6.87. The number of rotatable bonds is 2. The van der Waals surface area contributed by atoms with Crippen LogP contribution < -0.4 is 4.57 Å². The highest BCUT2D eigenvalue weighted by molar-refractivity contribution is 5.92. The second-order valence-corrected chi connectivity index (χ2v) is 5.09. The Kier molecular flexibility index (Phi) is 3.34. The Morgan fingerprint density at radius 1 is 0.900 bits per heavy atom. The van der Waals surface area contributed by atoms with E-state index >= 15 is 0 Å². The summed E-state index contributed by atoms with van der Waals surface area (Å²) in [4.78, 5) is 0. The molecule has 98 valence electrons. The van der Waals surface area contributed by atoms with Gasteiger partial charge in [-0.05, 0) is 29.5 Å². The summed E-state index contributed by atoms with van der Waals surface area (Å²) in [6, 6.07) is 21.2. The Morgan fingerprint density at radius 3 is 2.40 bits per heavy atom. The quantitative estimate of drug-likeness (QED) is 0.607. The monoisotopic (exact) mass is 260 g/mol. The molecule has 3 rings (SSSR count). The van der Waals surface area contributed by atoms with Crippen molar-refractivity contribution >= 4 is 22.4 Å². The lowest BCUT2D eigenvalue weighted by atomic mass is 10.0. The molecule has 0 atom stereocenters. The van der Waals surface area contributed by atoms with E-state index in [1.165, 1.54) is 27.6 Å². The van der Waals surface area contributed by atoms with Gasteiger partial charge in [0.2, 0.25) is 5.69 Å². The minimum absolute atomic E-state index is 1.24. The van der Waals surface area contributed by atoms with E-state index in [1.54, 1.807) is 0 Å². The molecule has 0 radical (unpaired) electrons. The van der Waals surface area contributed by atoms with Crippen LogP contribution in [0.15, 0.2) is 66.9 Å². The van der Waals surface area contributed by atoms with Crippen molar-refractivity contribution in [2.45, 2.75) is 6.92 Å². The third-order valence-electron chi connectivity index (χ3n) is 3.68. The van der Waals surface area contributed by atoms with Crippen molar-refractivity contribution < 1.29 is 4.57 Å². The summed E-state index contributed by atoms with van der Waals surface area (Å²) in [5, 5.41) is 2.56. The molecule has 0 saturated heterocycles. The number of pyridine rings is 1. The van der Waals surface area contributed by atoms with Crippen LogP contribution in [-0.2, 0) is 7.05 Å². The molecule has 0 aliphatic rings. The average molecular weight is 260 g/mol. The normalized spacial score (nSPS) is 11.8. The number of aromatic nitrogens is 1. The van der Waals surface area contributed by atoms with Gasteiger partial charge >= 0.3 is 0 Å². The molecule has 1 nitrogen and oxygen atoms in total. The van der Waals surface area contributed by atoms with Gasteiger partial charge in [0.1, 0.15) is 7.05 Å². The molecule has 0 fully saturated rings. The topological polar surface area (TPSA) is 3.88 Å². The van der Waals surface area contributed by atoms with Gasteiger partial charge in [0, 0.05) is 12.1 Å². The Morgan fingerprint density at radius 2 is 1.60 bits per heavy atom. The first-order valence-corrected chi connectivity index (χ1v) is 6.87. The van der Waals surface area contributed by atoms with Crippen LogP contribution in [0.4, 0.5) is 0 Å². The smallest absolute Gasteiger partial charge is 0.201 e. The zero-order valence-corrected chi connectivity index (χ0v) is 11.9. The summed E-state index contributed by atoms with van der Waals surface area (Å²) in [6.07, 6.45) is 4.38. The van der Waals surface area contributed by atoms with E-state index in [0.29, 0.717) is 0 Å². The zero-order valence-electron chi connectivity index (χ0n) is 11.9.